The Morgan fingerprint density at radius 2 is 0.212 bits per heavy atom. The lowest BCUT2D eigenvalue weighted by molar-refractivity contribution is 0.533. The molecule has 0 saturated carbocycles. The molecule has 0 aliphatic rings. The van der Waals surface area contributed by atoms with E-state index in [0.29, 0.717) is 0 Å². The molecule has 0 amide bonds. The molecule has 0 unspecified atom stereocenters. The molecule has 0 nitrogen and oxygen atoms in total. The predicted octanol–water partition coefficient (Wildman–Crippen LogP) is 25.3. The molecule has 0 aromatic carbocycles. The van der Waals surface area contributed by atoms with E-state index in [1.165, 1.54) is 340 Å². The second-order valence-electron chi connectivity index (χ2n) is 23.0. The molecule has 0 aliphatic heterocycles. The van der Waals surface area contributed by atoms with Crippen molar-refractivity contribution in [3.63, 3.8) is 0 Å². The van der Waals surface area contributed by atoms with Crippen molar-refractivity contribution in [1.29, 1.82) is 0 Å². The maximum Gasteiger partial charge on any atom is 0.0594 e. The first-order chi connectivity index (χ1) is 32.7. The fourth-order valence-electron chi connectivity index (χ4n) is 11.4. The first kappa shape index (κ1) is 66.4. The third-order valence-corrected chi connectivity index (χ3v) is 21.3. The van der Waals surface area contributed by atoms with Gasteiger partial charge in [-0.05, 0) is 51.4 Å². The van der Waals surface area contributed by atoms with Gasteiger partial charge >= 0.3 is 0 Å². The maximum absolute atomic E-state index is 2.34. The molecule has 0 saturated heterocycles. The van der Waals surface area contributed by atoms with Crippen molar-refractivity contribution in [2.24, 2.45) is 0 Å². The second kappa shape index (κ2) is 59.7. The van der Waals surface area contributed by atoms with Crippen LogP contribution in [0.1, 0.15) is 394 Å². The van der Waals surface area contributed by atoms with Crippen LogP contribution in [-0.4, -0.2) is 24.6 Å². The van der Waals surface area contributed by atoms with E-state index >= 15 is 0 Å². The molecule has 0 fully saturated rings. The van der Waals surface area contributed by atoms with Crippen molar-refractivity contribution in [3.05, 3.63) is 0 Å². The van der Waals surface area contributed by atoms with Crippen molar-refractivity contribution in [1.82, 2.24) is 0 Å². The summed E-state index contributed by atoms with van der Waals surface area (Å²) in [4.78, 5) is 0. The lowest BCUT2D eigenvalue weighted by Gasteiger charge is -2.28. The fraction of sp³-hybridized carbons (Fsp3) is 1.00. The first-order valence-electron chi connectivity index (χ1n) is 32.6. The molecule has 0 atom stereocenters. The van der Waals surface area contributed by atoms with E-state index in [-0.39, 0.29) is 0 Å². The smallest absolute Gasteiger partial charge is 0.0594 e. The molecule has 1 heteroatoms. The molecule has 0 aromatic rings. The quantitative estimate of drug-likeness (QED) is 0.0421. The number of hydrogen-bond donors (Lipinski definition) is 0. The molecule has 0 radical (unpaired) electrons. The fourth-order valence-corrected chi connectivity index (χ4v) is 16.3. The van der Waals surface area contributed by atoms with Crippen LogP contribution in [0, 0.1) is 0 Å². The molecule has 0 bridgehead atoms. The van der Waals surface area contributed by atoms with Gasteiger partial charge < -0.3 is 0 Å². The van der Waals surface area contributed by atoms with Crippen molar-refractivity contribution in [3.8, 4) is 0 Å². The van der Waals surface area contributed by atoms with E-state index in [1.54, 1.807) is 50.3 Å². The van der Waals surface area contributed by atoms with Gasteiger partial charge in [0.15, 0.2) is 0 Å². The van der Waals surface area contributed by atoms with Gasteiger partial charge in [0.05, 0.1) is 24.6 Å². The molecule has 0 spiro atoms. The standard InChI is InChI=1S/C65H134P/c1-5-9-13-17-21-25-29-33-36-39-43-47-51-55-59-63-66(62-58-54-50-46-42-32-28-24-20-16-12-8-4,64-60-56-52-48-44-40-37-34-30-26-22-18-14-10-6-2)65-61-57-53-49-45-41-38-35-31-27-23-19-15-11-7-3/h5-65H2,1-4H3/q+1. The number of hydrogen-bond acceptors (Lipinski definition) is 0. The minimum Gasteiger partial charge on any atom is -0.0654 e. The Labute approximate surface area is 423 Å². The summed E-state index contributed by atoms with van der Waals surface area (Å²) in [5.41, 5.74) is 0. The zero-order valence-electron chi connectivity index (χ0n) is 47.6. The van der Waals surface area contributed by atoms with Gasteiger partial charge in [-0.15, -0.1) is 0 Å². The molecule has 0 N–H and O–H groups in total. The van der Waals surface area contributed by atoms with Crippen LogP contribution in [0.2, 0.25) is 0 Å². The van der Waals surface area contributed by atoms with E-state index in [4.69, 9.17) is 0 Å². The van der Waals surface area contributed by atoms with Crippen LogP contribution in [0.5, 0.6) is 0 Å². The van der Waals surface area contributed by atoms with Crippen molar-refractivity contribution in [2.45, 2.75) is 394 Å². The van der Waals surface area contributed by atoms with Crippen molar-refractivity contribution < 1.29 is 0 Å². The highest BCUT2D eigenvalue weighted by Gasteiger charge is 2.35. The normalized spacial score (nSPS) is 12.0. The minimum atomic E-state index is -0.835. The lowest BCUT2D eigenvalue weighted by Crippen LogP contribution is -2.13. The summed E-state index contributed by atoms with van der Waals surface area (Å²) in [7, 11) is -0.835. The van der Waals surface area contributed by atoms with Gasteiger partial charge in [0.1, 0.15) is 0 Å². The molecule has 0 heterocycles. The number of unbranched alkanes of at least 4 members (excludes halogenated alkanes) is 53. The Morgan fingerprint density at radius 1 is 0.121 bits per heavy atom. The average molecular weight is 947 g/mol. The summed E-state index contributed by atoms with van der Waals surface area (Å²) in [5.74, 6) is 0. The predicted molar refractivity (Wildman–Crippen MR) is 312 cm³/mol. The van der Waals surface area contributed by atoms with Gasteiger partial charge in [-0.3, -0.25) is 0 Å². The number of rotatable bonds is 61. The molecule has 66 heavy (non-hydrogen) atoms. The Kier molecular flexibility index (Phi) is 60.1. The molecule has 0 aliphatic carbocycles. The Balaban J connectivity index is 4.92. The third-order valence-electron chi connectivity index (χ3n) is 16.2. The molecule has 0 rings (SSSR count). The lowest BCUT2D eigenvalue weighted by atomic mass is 10.0. The van der Waals surface area contributed by atoms with Crippen LogP contribution in [0.4, 0.5) is 0 Å². The van der Waals surface area contributed by atoms with Gasteiger partial charge in [-0.25, -0.2) is 0 Å². The summed E-state index contributed by atoms with van der Waals surface area (Å²) in [6.45, 7) is 9.34. The summed E-state index contributed by atoms with van der Waals surface area (Å²) in [6.07, 6.45) is 91.8. The topological polar surface area (TPSA) is 0 Å². The van der Waals surface area contributed by atoms with Crippen LogP contribution in [-0.2, 0) is 0 Å². The maximum atomic E-state index is 2.34. The average Bonchev–Trinajstić information content (AvgIpc) is 3.33. The summed E-state index contributed by atoms with van der Waals surface area (Å²) >= 11 is 0. The summed E-state index contributed by atoms with van der Waals surface area (Å²) in [5, 5.41) is 0. The first-order valence-corrected chi connectivity index (χ1v) is 35.1. The van der Waals surface area contributed by atoms with Gasteiger partial charge in [-0.1, -0.05) is 342 Å². The van der Waals surface area contributed by atoms with Gasteiger partial charge in [0, 0.05) is 7.26 Å². The van der Waals surface area contributed by atoms with Crippen molar-refractivity contribution >= 4 is 7.26 Å². The summed E-state index contributed by atoms with van der Waals surface area (Å²) < 4.78 is 0. The Morgan fingerprint density at radius 3 is 0.318 bits per heavy atom. The highest BCUT2D eigenvalue weighted by Crippen LogP contribution is 2.61. The zero-order chi connectivity index (χ0) is 47.6. The minimum absolute atomic E-state index is 0.835. The van der Waals surface area contributed by atoms with E-state index in [0.717, 1.165) is 0 Å². The van der Waals surface area contributed by atoms with Gasteiger partial charge in [0.2, 0.25) is 0 Å². The van der Waals surface area contributed by atoms with E-state index < -0.39 is 7.26 Å². The molecule has 398 valence electrons. The van der Waals surface area contributed by atoms with Crippen LogP contribution >= 0.6 is 7.26 Å². The zero-order valence-corrected chi connectivity index (χ0v) is 48.5. The van der Waals surface area contributed by atoms with Crippen LogP contribution in [0.3, 0.4) is 0 Å². The van der Waals surface area contributed by atoms with Gasteiger partial charge in [0.25, 0.3) is 0 Å². The van der Waals surface area contributed by atoms with Crippen molar-refractivity contribution in [2.75, 3.05) is 24.6 Å². The summed E-state index contributed by atoms with van der Waals surface area (Å²) in [6, 6.07) is 0. The monoisotopic (exact) mass is 946 g/mol. The highest BCUT2D eigenvalue weighted by molar-refractivity contribution is 7.75. The van der Waals surface area contributed by atoms with Crippen LogP contribution in [0.15, 0.2) is 0 Å². The molecular formula is C65H134P+. The Hall–Kier alpha value is 0.430. The van der Waals surface area contributed by atoms with E-state index in [9.17, 15) is 0 Å². The van der Waals surface area contributed by atoms with E-state index in [1.807, 2.05) is 0 Å². The van der Waals surface area contributed by atoms with E-state index in [2.05, 4.69) is 27.7 Å². The third kappa shape index (κ3) is 53.8. The highest BCUT2D eigenvalue weighted by atomic mass is 31.2. The van der Waals surface area contributed by atoms with Crippen LogP contribution < -0.4 is 0 Å². The Bertz CT molecular complexity index is 735. The SMILES string of the molecule is CCCCCCCCCCCCCCCCC[P+](CCCCCCCCCCCCCC)(CCCCCCCCCCCCCCCCC)CCCCCCCCCCCCCCCCC. The molecular weight excluding hydrogens is 812 g/mol. The van der Waals surface area contributed by atoms with Crippen LogP contribution in [0.25, 0.3) is 0 Å². The van der Waals surface area contributed by atoms with Gasteiger partial charge in [-0.2, -0.15) is 0 Å². The second-order valence-corrected chi connectivity index (χ2v) is 27.4. The largest absolute Gasteiger partial charge is 0.0654 e. The molecule has 0 aromatic heterocycles.